The van der Waals surface area contributed by atoms with Gasteiger partial charge in [-0.25, -0.2) is 4.79 Å². The molecule has 0 unspecified atom stereocenters. The number of nitrogens with one attached hydrogen (secondary N) is 1. The number of hydrogen-bond acceptors (Lipinski definition) is 7. The molecule has 0 saturated heterocycles. The fourth-order valence-corrected chi connectivity index (χ4v) is 4.73. The monoisotopic (exact) mass is 451 g/mol. The van der Waals surface area contributed by atoms with E-state index in [-0.39, 0.29) is 12.5 Å². The Morgan fingerprint density at radius 3 is 2.72 bits per heavy atom. The summed E-state index contributed by atoms with van der Waals surface area (Å²) in [5.41, 5.74) is 2.94. The molecule has 1 N–H and O–H groups in total. The number of esters is 1. The molecular weight excluding hydrogens is 430 g/mol. The first-order valence-electron chi connectivity index (χ1n) is 10.3. The molecule has 2 aromatic carbocycles. The first-order valence-corrected chi connectivity index (χ1v) is 11.2. The van der Waals surface area contributed by atoms with Crippen LogP contribution >= 0.6 is 11.3 Å². The summed E-state index contributed by atoms with van der Waals surface area (Å²) in [4.78, 5) is 26.0. The Bertz CT molecular complexity index is 1170. The number of benzene rings is 2. The zero-order chi connectivity index (χ0) is 21.9. The largest absolute Gasteiger partial charge is 0.488 e. The molecule has 1 aromatic heterocycles. The topological polar surface area (TPSA) is 83.1 Å². The number of amides is 1. The summed E-state index contributed by atoms with van der Waals surface area (Å²) in [7, 11) is 0. The van der Waals surface area contributed by atoms with Crippen molar-refractivity contribution < 1.29 is 28.5 Å². The predicted molar refractivity (Wildman–Crippen MR) is 119 cm³/mol. The number of carbonyl (C=O) groups is 2. The van der Waals surface area contributed by atoms with Gasteiger partial charge in [0.05, 0.1) is 0 Å². The molecule has 3 aromatic rings. The molecule has 0 bridgehead atoms. The van der Waals surface area contributed by atoms with Crippen LogP contribution in [0.5, 0.6) is 17.2 Å². The van der Waals surface area contributed by atoms with E-state index in [1.165, 1.54) is 11.3 Å². The Hall–Kier alpha value is -3.52. The van der Waals surface area contributed by atoms with E-state index in [1.54, 1.807) is 6.07 Å². The maximum absolute atomic E-state index is 12.5. The van der Waals surface area contributed by atoms with Crippen molar-refractivity contribution in [3.8, 4) is 27.7 Å². The summed E-state index contributed by atoms with van der Waals surface area (Å²) < 4.78 is 22.0. The Morgan fingerprint density at radius 1 is 0.969 bits per heavy atom. The second kappa shape index (κ2) is 8.92. The van der Waals surface area contributed by atoms with Crippen LogP contribution in [0, 0.1) is 0 Å². The van der Waals surface area contributed by atoms with Gasteiger partial charge in [0.15, 0.2) is 18.1 Å². The highest BCUT2D eigenvalue weighted by atomic mass is 32.1. The average molecular weight is 452 g/mol. The summed E-state index contributed by atoms with van der Waals surface area (Å²) in [6.45, 7) is 1.60. The van der Waals surface area contributed by atoms with E-state index in [2.05, 4.69) is 5.32 Å². The van der Waals surface area contributed by atoms with Crippen molar-refractivity contribution in [1.29, 1.82) is 0 Å². The van der Waals surface area contributed by atoms with Gasteiger partial charge in [0.2, 0.25) is 0 Å². The van der Waals surface area contributed by atoms with E-state index in [1.807, 2.05) is 42.5 Å². The summed E-state index contributed by atoms with van der Waals surface area (Å²) in [6, 6.07) is 15.2. The van der Waals surface area contributed by atoms with Crippen LogP contribution in [-0.4, -0.2) is 38.2 Å². The van der Waals surface area contributed by atoms with Gasteiger partial charge in [-0.1, -0.05) is 18.2 Å². The van der Waals surface area contributed by atoms with Gasteiger partial charge in [0.1, 0.15) is 30.4 Å². The number of fused-ring (bicyclic) bond motifs is 4. The van der Waals surface area contributed by atoms with Crippen LogP contribution in [0.25, 0.3) is 10.4 Å². The summed E-state index contributed by atoms with van der Waals surface area (Å²) in [5, 5.41) is 2.78. The first kappa shape index (κ1) is 20.4. The minimum atomic E-state index is -0.510. The normalized spacial score (nSPS) is 13.4. The summed E-state index contributed by atoms with van der Waals surface area (Å²) in [6.07, 6.45) is 0.632. The van der Waals surface area contributed by atoms with Gasteiger partial charge >= 0.3 is 5.97 Å². The molecule has 0 saturated carbocycles. The molecule has 8 heteroatoms. The molecule has 1 amide bonds. The maximum atomic E-state index is 12.5. The molecule has 2 aliphatic heterocycles. The summed E-state index contributed by atoms with van der Waals surface area (Å²) >= 11 is 1.36. The van der Waals surface area contributed by atoms with Gasteiger partial charge in [-0.3, -0.25) is 4.79 Å². The van der Waals surface area contributed by atoms with Crippen LogP contribution in [0.3, 0.4) is 0 Å². The van der Waals surface area contributed by atoms with Gasteiger partial charge in [0, 0.05) is 22.5 Å². The lowest BCUT2D eigenvalue weighted by Crippen LogP contribution is -2.30. The molecule has 0 fully saturated rings. The third-order valence-corrected chi connectivity index (χ3v) is 6.39. The molecule has 3 heterocycles. The van der Waals surface area contributed by atoms with Gasteiger partial charge in [-0.05, 0) is 42.3 Å². The highest BCUT2D eigenvalue weighted by Crippen LogP contribution is 2.42. The van der Waals surface area contributed by atoms with Crippen molar-refractivity contribution in [3.05, 3.63) is 64.5 Å². The average Bonchev–Trinajstić information content (AvgIpc) is 3.28. The fraction of sp³-hybridized carbons (Fsp3) is 0.250. The van der Waals surface area contributed by atoms with E-state index in [0.29, 0.717) is 37.7 Å². The Labute approximate surface area is 188 Å². The Kier molecular flexibility index (Phi) is 5.68. The molecule has 0 aliphatic carbocycles. The lowest BCUT2D eigenvalue weighted by atomic mass is 10.1. The molecule has 2 aliphatic rings. The van der Waals surface area contributed by atoms with Crippen molar-refractivity contribution in [3.63, 3.8) is 0 Å². The quantitative estimate of drug-likeness (QED) is 0.577. The van der Waals surface area contributed by atoms with Crippen molar-refractivity contribution in [2.45, 2.75) is 13.0 Å². The number of rotatable bonds is 6. The standard InChI is InChI=1S/C24H21NO6S/c26-22(25-8-7-15-5-6-19-20(11-15)29-10-9-28-19)14-31-24(27)21-12-16-13-30-18-4-2-1-3-17(18)23(16)32-21/h1-6,11-12H,7-10,13-14H2,(H,25,26). The second-order valence-corrected chi connectivity index (χ2v) is 8.46. The van der Waals surface area contributed by atoms with Crippen LogP contribution in [0.1, 0.15) is 20.8 Å². The highest BCUT2D eigenvalue weighted by molar-refractivity contribution is 7.17. The van der Waals surface area contributed by atoms with Gasteiger partial charge in [-0.2, -0.15) is 0 Å². The fourth-order valence-electron chi connectivity index (χ4n) is 3.64. The molecule has 0 radical (unpaired) electrons. The predicted octanol–water partition coefficient (Wildman–Crippen LogP) is 3.59. The number of para-hydroxylation sites is 1. The van der Waals surface area contributed by atoms with Crippen molar-refractivity contribution in [2.75, 3.05) is 26.4 Å². The van der Waals surface area contributed by atoms with Crippen LogP contribution in [0.15, 0.2) is 48.5 Å². The van der Waals surface area contributed by atoms with E-state index < -0.39 is 5.97 Å². The van der Waals surface area contributed by atoms with E-state index in [9.17, 15) is 9.59 Å². The lowest BCUT2D eigenvalue weighted by Gasteiger charge is -2.18. The molecule has 0 spiro atoms. The zero-order valence-corrected chi connectivity index (χ0v) is 18.0. The molecule has 5 rings (SSSR count). The number of thiophene rings is 1. The van der Waals surface area contributed by atoms with E-state index in [0.717, 1.165) is 38.8 Å². The van der Waals surface area contributed by atoms with E-state index >= 15 is 0 Å². The SMILES string of the molecule is O=C(COC(=O)c1cc2c(s1)-c1ccccc1OC2)NCCc1ccc2c(c1)OCCO2. The first-order chi connectivity index (χ1) is 15.7. The minimum absolute atomic E-state index is 0.324. The third kappa shape index (κ3) is 4.27. The minimum Gasteiger partial charge on any atom is -0.488 e. The van der Waals surface area contributed by atoms with Gasteiger partial charge in [0.25, 0.3) is 5.91 Å². The van der Waals surface area contributed by atoms with Crippen LogP contribution in [-0.2, 0) is 22.6 Å². The van der Waals surface area contributed by atoms with Crippen LogP contribution in [0.2, 0.25) is 0 Å². The van der Waals surface area contributed by atoms with Gasteiger partial charge < -0.3 is 24.3 Å². The van der Waals surface area contributed by atoms with Crippen LogP contribution < -0.4 is 19.5 Å². The molecular formula is C24H21NO6S. The maximum Gasteiger partial charge on any atom is 0.348 e. The highest BCUT2D eigenvalue weighted by Gasteiger charge is 2.23. The lowest BCUT2D eigenvalue weighted by molar-refractivity contribution is -0.124. The third-order valence-electron chi connectivity index (χ3n) is 5.20. The number of hydrogen-bond donors (Lipinski definition) is 1. The second-order valence-electron chi connectivity index (χ2n) is 7.40. The molecule has 7 nitrogen and oxygen atoms in total. The van der Waals surface area contributed by atoms with Crippen molar-refractivity contribution >= 4 is 23.2 Å². The van der Waals surface area contributed by atoms with Crippen molar-refractivity contribution in [1.82, 2.24) is 5.32 Å². The molecule has 164 valence electrons. The Morgan fingerprint density at radius 2 is 1.81 bits per heavy atom. The Balaban J connectivity index is 1.11. The summed E-state index contributed by atoms with van der Waals surface area (Å²) in [5.74, 6) is 1.41. The smallest absolute Gasteiger partial charge is 0.348 e. The van der Waals surface area contributed by atoms with Gasteiger partial charge in [-0.15, -0.1) is 11.3 Å². The van der Waals surface area contributed by atoms with Crippen LogP contribution in [0.4, 0.5) is 0 Å². The molecule has 0 atom stereocenters. The van der Waals surface area contributed by atoms with Crippen molar-refractivity contribution in [2.24, 2.45) is 0 Å². The number of carbonyl (C=O) groups excluding carboxylic acids is 2. The zero-order valence-electron chi connectivity index (χ0n) is 17.2. The van der Waals surface area contributed by atoms with E-state index in [4.69, 9.17) is 18.9 Å². The molecule has 32 heavy (non-hydrogen) atoms. The number of ether oxygens (including phenoxy) is 4.